The van der Waals surface area contributed by atoms with Crippen molar-refractivity contribution in [3.63, 3.8) is 0 Å². The van der Waals surface area contributed by atoms with Crippen molar-refractivity contribution in [3.05, 3.63) is 35.2 Å². The van der Waals surface area contributed by atoms with Crippen LogP contribution in [-0.4, -0.2) is 10.5 Å². The summed E-state index contributed by atoms with van der Waals surface area (Å²) in [6.45, 7) is 0. The maximum absolute atomic E-state index is 11.5. The molecule has 1 aliphatic heterocycles. The average molecular weight is 179 g/mol. The van der Waals surface area contributed by atoms with Crippen LogP contribution in [0.3, 0.4) is 0 Å². The van der Waals surface area contributed by atoms with Crippen LogP contribution in [0.5, 0.6) is 0 Å². The predicted molar refractivity (Wildman–Crippen MR) is 51.6 cm³/mol. The summed E-state index contributed by atoms with van der Waals surface area (Å²) in [6.07, 6.45) is 3.50. The van der Waals surface area contributed by atoms with E-state index in [4.69, 9.17) is 0 Å². The summed E-state index contributed by atoms with van der Waals surface area (Å²) >= 11 is 0. The first-order valence-electron chi connectivity index (χ1n) is 3.67. The first kappa shape index (κ1) is 7.55. The van der Waals surface area contributed by atoms with E-state index >= 15 is 0 Å². The van der Waals surface area contributed by atoms with E-state index in [1.165, 1.54) is 0 Å². The highest BCUT2D eigenvalue weighted by Gasteiger charge is 2.05. The number of hydrogen-bond acceptors (Lipinski definition) is 2. The van der Waals surface area contributed by atoms with Crippen LogP contribution in [0.4, 0.5) is 5.69 Å². The molecule has 1 aliphatic rings. The Hall–Kier alpha value is -1.09. The van der Waals surface area contributed by atoms with Crippen molar-refractivity contribution in [1.29, 1.82) is 0 Å². The summed E-state index contributed by atoms with van der Waals surface area (Å²) in [5, 5.41) is 1.66. The van der Waals surface area contributed by atoms with Crippen LogP contribution in [0.25, 0.3) is 6.08 Å². The van der Waals surface area contributed by atoms with Crippen LogP contribution in [0.2, 0.25) is 0 Å². The van der Waals surface area contributed by atoms with Crippen LogP contribution in [-0.2, 0) is 9.73 Å². The third-order valence-electron chi connectivity index (χ3n) is 1.72. The highest BCUT2D eigenvalue weighted by molar-refractivity contribution is 7.96. The molecule has 0 saturated carbocycles. The molecule has 1 aromatic rings. The minimum Gasteiger partial charge on any atom is -0.245 e. The molecular formula is C9H9NOS. The molecule has 0 radical (unpaired) electrons. The van der Waals surface area contributed by atoms with Crippen molar-refractivity contribution < 1.29 is 4.21 Å². The quantitative estimate of drug-likeness (QED) is 0.601. The zero-order valence-corrected chi connectivity index (χ0v) is 7.54. The van der Waals surface area contributed by atoms with Crippen LogP contribution in [0.15, 0.2) is 34.0 Å². The molecule has 2 nitrogen and oxygen atoms in total. The van der Waals surface area contributed by atoms with Gasteiger partial charge in [0.2, 0.25) is 0 Å². The van der Waals surface area contributed by atoms with Crippen molar-refractivity contribution in [3.8, 4) is 0 Å². The fourth-order valence-electron chi connectivity index (χ4n) is 1.14. The van der Waals surface area contributed by atoms with E-state index in [1.54, 1.807) is 11.7 Å². The van der Waals surface area contributed by atoms with Crippen LogP contribution < -0.4 is 0 Å². The molecule has 0 fully saturated rings. The summed E-state index contributed by atoms with van der Waals surface area (Å²) in [7, 11) is -2.10. The predicted octanol–water partition coefficient (Wildman–Crippen LogP) is 2.40. The van der Waals surface area contributed by atoms with Crippen LogP contribution in [0, 0.1) is 0 Å². The Morgan fingerprint density at radius 1 is 1.33 bits per heavy atom. The topological polar surface area (TPSA) is 29.4 Å². The Labute approximate surface area is 72.1 Å². The molecule has 0 aliphatic carbocycles. The molecule has 12 heavy (non-hydrogen) atoms. The lowest BCUT2D eigenvalue weighted by Gasteiger charge is -2.06. The van der Waals surface area contributed by atoms with Gasteiger partial charge in [-0.3, -0.25) is 0 Å². The maximum Gasteiger partial charge on any atom is 0.0805 e. The molecule has 0 aromatic heterocycles. The maximum atomic E-state index is 11.5. The second kappa shape index (κ2) is 2.45. The van der Waals surface area contributed by atoms with E-state index in [-0.39, 0.29) is 0 Å². The van der Waals surface area contributed by atoms with E-state index < -0.39 is 9.73 Å². The van der Waals surface area contributed by atoms with Gasteiger partial charge >= 0.3 is 0 Å². The van der Waals surface area contributed by atoms with Gasteiger partial charge in [-0.05, 0) is 12.1 Å². The van der Waals surface area contributed by atoms with Crippen molar-refractivity contribution in [2.24, 2.45) is 4.36 Å². The lowest BCUT2D eigenvalue weighted by Crippen LogP contribution is -1.93. The minimum atomic E-state index is -2.10. The van der Waals surface area contributed by atoms with Gasteiger partial charge in [-0.1, -0.05) is 18.2 Å². The zero-order valence-electron chi connectivity index (χ0n) is 6.73. The monoisotopic (exact) mass is 179 g/mol. The second-order valence-electron chi connectivity index (χ2n) is 2.81. The van der Waals surface area contributed by atoms with Crippen LogP contribution >= 0.6 is 0 Å². The van der Waals surface area contributed by atoms with E-state index in [0.29, 0.717) is 0 Å². The lowest BCUT2D eigenvalue weighted by atomic mass is 10.2. The normalized spacial score (nSPS) is 26.1. The van der Waals surface area contributed by atoms with E-state index in [0.717, 1.165) is 11.3 Å². The van der Waals surface area contributed by atoms with E-state index in [9.17, 15) is 4.21 Å². The largest absolute Gasteiger partial charge is 0.245 e. The molecule has 0 spiro atoms. The molecule has 0 saturated heterocycles. The highest BCUT2D eigenvalue weighted by atomic mass is 32.2. The number of fused-ring (bicyclic) bond motifs is 1. The van der Waals surface area contributed by atoms with Gasteiger partial charge in [0.15, 0.2) is 0 Å². The fourth-order valence-corrected chi connectivity index (χ4v) is 2.15. The Morgan fingerprint density at radius 2 is 2.08 bits per heavy atom. The molecule has 1 atom stereocenters. The summed E-state index contributed by atoms with van der Waals surface area (Å²) in [6, 6.07) is 7.69. The van der Waals surface area contributed by atoms with Crippen molar-refractivity contribution >= 4 is 21.5 Å². The molecular weight excluding hydrogens is 170 g/mol. The lowest BCUT2D eigenvalue weighted by molar-refractivity contribution is 0.686. The Kier molecular flexibility index (Phi) is 1.54. The standard InChI is InChI=1S/C9H9NOS/c1-12(11)7-6-8-4-2-3-5-9(8)10-12/h2-7H,1H3. The fraction of sp³-hybridized carbons (Fsp3) is 0.111. The molecule has 0 bridgehead atoms. The molecule has 2 rings (SSSR count). The van der Waals surface area contributed by atoms with Crippen molar-refractivity contribution in [2.75, 3.05) is 6.26 Å². The Balaban J connectivity index is 2.73. The SMILES string of the molecule is CS1(=O)=Nc2ccccc2C=C1. The average Bonchev–Trinajstić information content (AvgIpc) is 2.02. The molecule has 0 N–H and O–H groups in total. The highest BCUT2D eigenvalue weighted by Crippen LogP contribution is 2.26. The van der Waals surface area contributed by atoms with E-state index in [2.05, 4.69) is 4.36 Å². The molecule has 0 amide bonds. The molecule has 1 heterocycles. The van der Waals surface area contributed by atoms with Crippen molar-refractivity contribution in [1.82, 2.24) is 0 Å². The third-order valence-corrected chi connectivity index (χ3v) is 2.92. The third kappa shape index (κ3) is 1.28. The van der Waals surface area contributed by atoms with Gasteiger partial charge in [-0.2, -0.15) is 4.36 Å². The smallest absolute Gasteiger partial charge is 0.0805 e. The minimum absolute atomic E-state index is 0.826. The first-order chi connectivity index (χ1) is 5.67. The number of rotatable bonds is 0. The van der Waals surface area contributed by atoms with Crippen LogP contribution in [0.1, 0.15) is 5.56 Å². The number of nitrogens with zero attached hydrogens (tertiary/aromatic N) is 1. The molecule has 62 valence electrons. The Morgan fingerprint density at radius 3 is 2.92 bits per heavy atom. The number of hydrogen-bond donors (Lipinski definition) is 0. The number of benzene rings is 1. The van der Waals surface area contributed by atoms with Gasteiger partial charge in [0, 0.05) is 17.2 Å². The van der Waals surface area contributed by atoms with Gasteiger partial charge in [0.05, 0.1) is 15.4 Å². The molecule has 3 heteroatoms. The van der Waals surface area contributed by atoms with Gasteiger partial charge in [-0.15, -0.1) is 0 Å². The summed E-state index contributed by atoms with van der Waals surface area (Å²) in [5.41, 5.74) is 1.87. The first-order valence-corrected chi connectivity index (χ1v) is 5.65. The summed E-state index contributed by atoms with van der Waals surface area (Å²) in [5.74, 6) is 0. The zero-order chi connectivity index (χ0) is 8.60. The summed E-state index contributed by atoms with van der Waals surface area (Å²) < 4.78 is 15.6. The van der Waals surface area contributed by atoms with Gasteiger partial charge < -0.3 is 0 Å². The van der Waals surface area contributed by atoms with E-state index in [1.807, 2.05) is 30.3 Å². The van der Waals surface area contributed by atoms with Gasteiger partial charge in [0.1, 0.15) is 0 Å². The second-order valence-corrected chi connectivity index (χ2v) is 4.99. The molecule has 1 aromatic carbocycles. The van der Waals surface area contributed by atoms with Crippen molar-refractivity contribution in [2.45, 2.75) is 0 Å². The Bertz CT molecular complexity index is 453. The van der Waals surface area contributed by atoms with Gasteiger partial charge in [-0.25, -0.2) is 4.21 Å². The molecule has 1 unspecified atom stereocenters. The summed E-state index contributed by atoms with van der Waals surface area (Å²) in [4.78, 5) is 0. The van der Waals surface area contributed by atoms with Gasteiger partial charge in [0.25, 0.3) is 0 Å².